The van der Waals surface area contributed by atoms with Crippen LogP contribution in [0.5, 0.6) is 0 Å². The van der Waals surface area contributed by atoms with Gasteiger partial charge in [0.2, 0.25) is 0 Å². The third-order valence-electron chi connectivity index (χ3n) is 4.76. The standard InChI is InChI=1S/C26H22O/c1-3-9-19(10-4-2)17-20-11-7-12-21(18-20)22-14-8-15-24-23-13-5-6-16-25(23)27-26(22)24/h3-16,18H,1,17H2,2H3/b10-4-,19-9+. The molecule has 27 heavy (non-hydrogen) atoms. The summed E-state index contributed by atoms with van der Waals surface area (Å²) in [4.78, 5) is 0. The highest BCUT2D eigenvalue weighted by molar-refractivity contribution is 6.09. The van der Waals surface area contributed by atoms with E-state index >= 15 is 0 Å². The number of benzene rings is 3. The molecule has 0 saturated heterocycles. The molecule has 0 unspecified atom stereocenters. The quantitative estimate of drug-likeness (QED) is 0.340. The van der Waals surface area contributed by atoms with Crippen molar-refractivity contribution in [3.05, 3.63) is 109 Å². The maximum atomic E-state index is 6.20. The molecule has 0 bridgehead atoms. The molecule has 4 rings (SSSR count). The molecule has 0 saturated carbocycles. The maximum absolute atomic E-state index is 6.20. The van der Waals surface area contributed by atoms with Crippen LogP contribution in [0.15, 0.2) is 108 Å². The number of hydrogen-bond donors (Lipinski definition) is 0. The first-order chi connectivity index (χ1) is 13.3. The number of furan rings is 1. The molecule has 1 nitrogen and oxygen atoms in total. The summed E-state index contributed by atoms with van der Waals surface area (Å²) in [5, 5.41) is 2.32. The Kier molecular flexibility index (Phi) is 4.76. The fraction of sp³-hybridized carbons (Fsp3) is 0.0769. The van der Waals surface area contributed by atoms with Crippen molar-refractivity contribution in [2.24, 2.45) is 0 Å². The highest BCUT2D eigenvalue weighted by atomic mass is 16.3. The van der Waals surface area contributed by atoms with E-state index in [1.165, 1.54) is 16.7 Å². The fourth-order valence-electron chi connectivity index (χ4n) is 3.60. The molecule has 0 radical (unpaired) electrons. The molecule has 4 aromatic rings. The molecule has 0 spiro atoms. The third-order valence-corrected chi connectivity index (χ3v) is 4.76. The van der Waals surface area contributed by atoms with Gasteiger partial charge in [0, 0.05) is 16.3 Å². The molecule has 0 amide bonds. The van der Waals surface area contributed by atoms with E-state index < -0.39 is 0 Å². The van der Waals surface area contributed by atoms with E-state index in [2.05, 4.69) is 79.4 Å². The van der Waals surface area contributed by atoms with E-state index in [0.717, 1.165) is 33.9 Å². The van der Waals surface area contributed by atoms with Gasteiger partial charge < -0.3 is 4.42 Å². The van der Waals surface area contributed by atoms with Gasteiger partial charge in [-0.1, -0.05) is 91.5 Å². The molecule has 0 aliphatic carbocycles. The summed E-state index contributed by atoms with van der Waals surface area (Å²) in [5.74, 6) is 0. The molecule has 0 N–H and O–H groups in total. The number of rotatable bonds is 5. The van der Waals surface area contributed by atoms with Gasteiger partial charge in [0.1, 0.15) is 11.2 Å². The van der Waals surface area contributed by atoms with Crippen molar-refractivity contribution in [3.8, 4) is 11.1 Å². The molecular weight excluding hydrogens is 328 g/mol. The van der Waals surface area contributed by atoms with Crippen LogP contribution in [0.2, 0.25) is 0 Å². The van der Waals surface area contributed by atoms with Crippen LogP contribution in [0.3, 0.4) is 0 Å². The Bertz CT molecular complexity index is 1170. The summed E-state index contributed by atoms with van der Waals surface area (Å²) >= 11 is 0. The number of allylic oxidation sites excluding steroid dienone is 5. The van der Waals surface area contributed by atoms with E-state index in [9.17, 15) is 0 Å². The second-order valence-corrected chi connectivity index (χ2v) is 6.63. The van der Waals surface area contributed by atoms with Crippen LogP contribution in [-0.4, -0.2) is 0 Å². The zero-order valence-corrected chi connectivity index (χ0v) is 15.5. The van der Waals surface area contributed by atoms with Crippen molar-refractivity contribution in [1.82, 2.24) is 0 Å². The lowest BCUT2D eigenvalue weighted by Gasteiger charge is -2.07. The van der Waals surface area contributed by atoms with Crippen LogP contribution in [0.25, 0.3) is 33.1 Å². The van der Waals surface area contributed by atoms with Gasteiger partial charge in [-0.2, -0.15) is 0 Å². The van der Waals surface area contributed by atoms with Crippen molar-refractivity contribution in [1.29, 1.82) is 0 Å². The lowest BCUT2D eigenvalue weighted by Crippen LogP contribution is -1.89. The molecule has 1 heteroatoms. The van der Waals surface area contributed by atoms with E-state index in [1.807, 2.05) is 25.1 Å². The van der Waals surface area contributed by atoms with E-state index in [-0.39, 0.29) is 0 Å². The average Bonchev–Trinajstić information content (AvgIpc) is 3.07. The fourth-order valence-corrected chi connectivity index (χ4v) is 3.60. The van der Waals surface area contributed by atoms with Gasteiger partial charge in [0.15, 0.2) is 0 Å². The number of para-hydroxylation sites is 2. The van der Waals surface area contributed by atoms with Gasteiger partial charge in [-0.15, -0.1) is 0 Å². The van der Waals surface area contributed by atoms with Crippen molar-refractivity contribution >= 4 is 21.9 Å². The smallest absolute Gasteiger partial charge is 0.143 e. The molecule has 0 atom stereocenters. The lowest BCUT2D eigenvalue weighted by atomic mass is 9.97. The van der Waals surface area contributed by atoms with Gasteiger partial charge in [-0.25, -0.2) is 0 Å². The second kappa shape index (κ2) is 7.51. The predicted molar refractivity (Wildman–Crippen MR) is 116 cm³/mol. The van der Waals surface area contributed by atoms with Crippen LogP contribution in [0, 0.1) is 0 Å². The van der Waals surface area contributed by atoms with Crippen molar-refractivity contribution in [2.75, 3.05) is 0 Å². The molecule has 3 aromatic carbocycles. The highest BCUT2D eigenvalue weighted by Crippen LogP contribution is 2.35. The summed E-state index contributed by atoms with van der Waals surface area (Å²) < 4.78 is 6.20. The normalized spacial score (nSPS) is 12.3. The largest absolute Gasteiger partial charge is 0.455 e. The Morgan fingerprint density at radius 1 is 0.963 bits per heavy atom. The van der Waals surface area contributed by atoms with Crippen LogP contribution in [-0.2, 0) is 6.42 Å². The minimum atomic E-state index is 0.875. The van der Waals surface area contributed by atoms with Crippen molar-refractivity contribution in [2.45, 2.75) is 13.3 Å². The Hall–Kier alpha value is -3.32. The molecule has 0 aliphatic rings. The first kappa shape index (κ1) is 17.1. The summed E-state index contributed by atoms with van der Waals surface area (Å²) in [6.45, 7) is 5.86. The molecule has 132 valence electrons. The maximum Gasteiger partial charge on any atom is 0.143 e. The minimum absolute atomic E-state index is 0.875. The zero-order valence-electron chi connectivity index (χ0n) is 15.5. The Morgan fingerprint density at radius 3 is 2.63 bits per heavy atom. The number of hydrogen-bond acceptors (Lipinski definition) is 1. The van der Waals surface area contributed by atoms with Gasteiger partial charge in [0.05, 0.1) is 0 Å². The lowest BCUT2D eigenvalue weighted by molar-refractivity contribution is 0.670. The first-order valence-electron chi connectivity index (χ1n) is 9.24. The molecular formula is C26H22O. The van der Waals surface area contributed by atoms with Gasteiger partial charge in [-0.3, -0.25) is 0 Å². The summed E-state index contributed by atoms with van der Waals surface area (Å²) in [7, 11) is 0. The van der Waals surface area contributed by atoms with Crippen molar-refractivity contribution in [3.63, 3.8) is 0 Å². The van der Waals surface area contributed by atoms with Crippen LogP contribution >= 0.6 is 0 Å². The third kappa shape index (κ3) is 3.37. The summed E-state index contributed by atoms with van der Waals surface area (Å²) in [6.07, 6.45) is 8.98. The Labute approximate surface area is 159 Å². The Morgan fingerprint density at radius 2 is 1.78 bits per heavy atom. The monoisotopic (exact) mass is 350 g/mol. The minimum Gasteiger partial charge on any atom is -0.455 e. The van der Waals surface area contributed by atoms with Crippen LogP contribution < -0.4 is 0 Å². The predicted octanol–water partition coefficient (Wildman–Crippen LogP) is 7.48. The molecule has 1 heterocycles. The molecule has 0 aliphatic heterocycles. The van der Waals surface area contributed by atoms with Gasteiger partial charge >= 0.3 is 0 Å². The highest BCUT2D eigenvalue weighted by Gasteiger charge is 2.12. The van der Waals surface area contributed by atoms with Crippen LogP contribution in [0.1, 0.15) is 12.5 Å². The number of fused-ring (bicyclic) bond motifs is 3. The van der Waals surface area contributed by atoms with E-state index in [1.54, 1.807) is 0 Å². The molecule has 1 aromatic heterocycles. The second-order valence-electron chi connectivity index (χ2n) is 6.63. The van der Waals surface area contributed by atoms with Crippen LogP contribution in [0.4, 0.5) is 0 Å². The topological polar surface area (TPSA) is 13.1 Å². The zero-order chi connectivity index (χ0) is 18.6. The van der Waals surface area contributed by atoms with E-state index in [4.69, 9.17) is 4.42 Å². The average molecular weight is 350 g/mol. The van der Waals surface area contributed by atoms with Gasteiger partial charge in [0.25, 0.3) is 0 Å². The summed E-state index contributed by atoms with van der Waals surface area (Å²) in [6, 6.07) is 23.3. The molecule has 0 fully saturated rings. The van der Waals surface area contributed by atoms with Gasteiger partial charge in [-0.05, 0) is 36.1 Å². The first-order valence-corrected chi connectivity index (χ1v) is 9.24. The van der Waals surface area contributed by atoms with Crippen molar-refractivity contribution < 1.29 is 4.42 Å². The van der Waals surface area contributed by atoms with E-state index in [0.29, 0.717) is 0 Å². The Balaban J connectivity index is 1.80. The summed E-state index contributed by atoms with van der Waals surface area (Å²) in [5.41, 5.74) is 6.70. The SMILES string of the molecule is C=C/C=C(\C=C/C)Cc1cccc(-c2cccc3c2oc2ccccc23)c1.